The molecule has 2 aliphatic rings. The van der Waals surface area contributed by atoms with Crippen LogP contribution in [0.3, 0.4) is 0 Å². The fourth-order valence-corrected chi connectivity index (χ4v) is 4.67. The Morgan fingerprint density at radius 1 is 1.09 bits per heavy atom. The average Bonchev–Trinajstić information content (AvgIpc) is 3.34. The molecule has 0 N–H and O–H groups in total. The van der Waals surface area contributed by atoms with Gasteiger partial charge in [-0.25, -0.2) is 5.01 Å². The van der Waals surface area contributed by atoms with Crippen LogP contribution in [0, 0.1) is 0 Å². The van der Waals surface area contributed by atoms with Gasteiger partial charge in [-0.05, 0) is 34.3 Å². The van der Waals surface area contributed by atoms with E-state index in [9.17, 15) is 0 Å². The zero-order chi connectivity index (χ0) is 15.2. The van der Waals surface area contributed by atoms with E-state index in [1.165, 1.54) is 16.0 Å². The van der Waals surface area contributed by atoms with Gasteiger partial charge < -0.3 is 4.74 Å². The third-order valence-corrected chi connectivity index (χ3v) is 5.93. The quantitative estimate of drug-likeness (QED) is 0.653. The van der Waals surface area contributed by atoms with E-state index in [0.29, 0.717) is 0 Å². The lowest BCUT2D eigenvalue weighted by atomic mass is 9.97. The lowest BCUT2D eigenvalue weighted by molar-refractivity contribution is -0.0165. The summed E-state index contributed by atoms with van der Waals surface area (Å²) in [6.07, 6.45) is 0.796. The molecule has 0 fully saturated rings. The van der Waals surface area contributed by atoms with Crippen molar-refractivity contribution in [2.24, 2.45) is 5.10 Å². The Kier molecular flexibility index (Phi) is 3.02. The van der Waals surface area contributed by atoms with Gasteiger partial charge in [0.15, 0.2) is 0 Å². The smallest absolute Gasteiger partial charge is 0.222 e. The van der Waals surface area contributed by atoms with Crippen LogP contribution in [0.25, 0.3) is 0 Å². The van der Waals surface area contributed by atoms with E-state index < -0.39 is 0 Å². The van der Waals surface area contributed by atoms with Crippen molar-refractivity contribution >= 4 is 28.4 Å². The number of thiophene rings is 2. The number of hydrogen-bond acceptors (Lipinski definition) is 5. The predicted octanol–water partition coefficient (Wildman–Crippen LogP) is 5.05. The Morgan fingerprint density at radius 3 is 2.87 bits per heavy atom. The number of nitrogens with zero attached hydrogens (tertiary/aromatic N) is 2. The second-order valence-corrected chi connectivity index (χ2v) is 7.44. The molecule has 3 aromatic rings. The van der Waals surface area contributed by atoms with Gasteiger partial charge >= 0.3 is 0 Å². The number of para-hydroxylation sites is 1. The zero-order valence-electron chi connectivity index (χ0n) is 12.3. The Bertz CT molecular complexity index is 855. The van der Waals surface area contributed by atoms with Crippen LogP contribution in [0.2, 0.25) is 0 Å². The molecule has 0 unspecified atom stereocenters. The van der Waals surface area contributed by atoms with Crippen molar-refractivity contribution in [1.29, 1.82) is 0 Å². The molecule has 0 amide bonds. The van der Waals surface area contributed by atoms with Gasteiger partial charge in [-0.1, -0.05) is 24.3 Å². The Hall–Kier alpha value is -2.11. The van der Waals surface area contributed by atoms with Crippen molar-refractivity contribution < 1.29 is 4.74 Å². The summed E-state index contributed by atoms with van der Waals surface area (Å²) in [5.41, 5.74) is 3.61. The number of rotatable bonds is 2. The molecule has 0 spiro atoms. The van der Waals surface area contributed by atoms with E-state index in [1.54, 1.807) is 22.7 Å². The molecular formula is C18H14N2OS2. The summed E-state index contributed by atoms with van der Waals surface area (Å²) in [5, 5.41) is 13.4. The maximum atomic E-state index is 6.29. The number of benzene rings is 1. The number of ether oxygens (including phenoxy) is 1. The third-order valence-electron chi connectivity index (χ3n) is 4.34. The highest BCUT2D eigenvalue weighted by molar-refractivity contribution is 7.10. The zero-order valence-corrected chi connectivity index (χ0v) is 13.9. The summed E-state index contributed by atoms with van der Waals surface area (Å²) in [5.74, 6) is 0.980. The van der Waals surface area contributed by atoms with E-state index in [2.05, 4.69) is 57.5 Å². The van der Waals surface area contributed by atoms with Gasteiger partial charge in [-0.3, -0.25) is 0 Å². The van der Waals surface area contributed by atoms with Crippen LogP contribution < -0.4 is 4.74 Å². The van der Waals surface area contributed by atoms with Crippen molar-refractivity contribution in [2.75, 3.05) is 0 Å². The normalized spacial score (nSPS) is 22.3. The van der Waals surface area contributed by atoms with Crippen molar-refractivity contribution in [3.8, 4) is 5.75 Å². The van der Waals surface area contributed by atoms with Gasteiger partial charge in [-0.2, -0.15) is 16.4 Å². The van der Waals surface area contributed by atoms with E-state index in [4.69, 9.17) is 9.84 Å². The first-order valence-electron chi connectivity index (χ1n) is 7.57. The number of fused-ring (bicyclic) bond motifs is 3. The predicted molar refractivity (Wildman–Crippen MR) is 94.2 cm³/mol. The molecule has 5 rings (SSSR count). The van der Waals surface area contributed by atoms with Gasteiger partial charge in [0.05, 0.1) is 16.6 Å². The van der Waals surface area contributed by atoms with E-state index in [1.807, 2.05) is 6.07 Å². The van der Waals surface area contributed by atoms with Crippen LogP contribution >= 0.6 is 22.7 Å². The Morgan fingerprint density at radius 2 is 2.04 bits per heavy atom. The summed E-state index contributed by atoms with van der Waals surface area (Å²) >= 11 is 3.43. The molecule has 0 bridgehead atoms. The van der Waals surface area contributed by atoms with Crippen LogP contribution in [0.4, 0.5) is 0 Å². The summed E-state index contributed by atoms with van der Waals surface area (Å²) in [4.78, 5) is 1.19. The maximum absolute atomic E-state index is 6.29. The van der Waals surface area contributed by atoms with Crippen LogP contribution in [-0.4, -0.2) is 10.7 Å². The lowest BCUT2D eigenvalue weighted by Gasteiger charge is -2.37. The minimum absolute atomic E-state index is 0.133. The lowest BCUT2D eigenvalue weighted by Crippen LogP contribution is -2.33. The molecule has 2 aromatic heterocycles. The van der Waals surface area contributed by atoms with Crippen molar-refractivity contribution in [1.82, 2.24) is 5.01 Å². The summed E-state index contributed by atoms with van der Waals surface area (Å²) in [7, 11) is 0. The standard InChI is InChI=1S/C18H14N2OS2/c1-2-5-16-13(4-1)15-10-14(12-7-9-22-11-12)19-20(15)18(21-16)17-6-3-8-23-17/h1-9,11,15,18H,10H2/t15-,18-/m1/s1. The fourth-order valence-electron chi connectivity index (χ4n) is 3.26. The van der Waals surface area contributed by atoms with E-state index in [-0.39, 0.29) is 12.3 Å². The third kappa shape index (κ3) is 2.11. The average molecular weight is 338 g/mol. The monoisotopic (exact) mass is 338 g/mol. The van der Waals surface area contributed by atoms with Gasteiger partial charge in [-0.15, -0.1) is 11.3 Å². The van der Waals surface area contributed by atoms with Crippen LogP contribution in [-0.2, 0) is 0 Å². The first kappa shape index (κ1) is 13.3. The highest BCUT2D eigenvalue weighted by Gasteiger charge is 2.41. The minimum Gasteiger partial charge on any atom is -0.464 e. The molecule has 4 heterocycles. The van der Waals surface area contributed by atoms with Gasteiger partial charge in [0, 0.05) is 17.5 Å². The van der Waals surface area contributed by atoms with Crippen LogP contribution in [0.5, 0.6) is 5.75 Å². The molecule has 0 saturated carbocycles. The summed E-state index contributed by atoms with van der Waals surface area (Å²) in [6.45, 7) is 0. The second-order valence-electron chi connectivity index (χ2n) is 5.68. The summed E-state index contributed by atoms with van der Waals surface area (Å²) in [6, 6.07) is 14.9. The topological polar surface area (TPSA) is 24.8 Å². The van der Waals surface area contributed by atoms with Crippen molar-refractivity contribution in [2.45, 2.75) is 18.7 Å². The maximum Gasteiger partial charge on any atom is 0.222 e. The van der Waals surface area contributed by atoms with Crippen molar-refractivity contribution in [3.63, 3.8) is 0 Å². The SMILES string of the molecule is c1csc([C@H]2Oc3ccccc3[C@H]3CC(c4ccsc4)=NN32)c1. The molecule has 0 aliphatic carbocycles. The largest absolute Gasteiger partial charge is 0.464 e. The van der Waals surface area contributed by atoms with E-state index >= 15 is 0 Å². The molecule has 114 valence electrons. The molecule has 0 saturated heterocycles. The highest BCUT2D eigenvalue weighted by atomic mass is 32.1. The molecular weight excluding hydrogens is 324 g/mol. The molecule has 3 nitrogen and oxygen atoms in total. The second kappa shape index (κ2) is 5.22. The first-order valence-corrected chi connectivity index (χ1v) is 9.40. The van der Waals surface area contributed by atoms with Crippen LogP contribution in [0.15, 0.2) is 63.7 Å². The van der Waals surface area contributed by atoms with Gasteiger partial charge in [0.1, 0.15) is 5.75 Å². The molecule has 23 heavy (non-hydrogen) atoms. The van der Waals surface area contributed by atoms with E-state index in [0.717, 1.165) is 17.9 Å². The first-order chi connectivity index (χ1) is 11.4. The highest BCUT2D eigenvalue weighted by Crippen LogP contribution is 2.48. The van der Waals surface area contributed by atoms with Gasteiger partial charge in [0.2, 0.25) is 6.23 Å². The molecule has 0 radical (unpaired) electrons. The molecule has 2 aliphatic heterocycles. The van der Waals surface area contributed by atoms with Crippen LogP contribution in [0.1, 0.15) is 34.7 Å². The minimum atomic E-state index is -0.133. The molecule has 2 atom stereocenters. The number of hydrogen-bond donors (Lipinski definition) is 0. The Labute approximate surface area is 142 Å². The Balaban J connectivity index is 1.62. The molecule has 1 aromatic carbocycles. The summed E-state index contributed by atoms with van der Waals surface area (Å²) < 4.78 is 6.29. The van der Waals surface area contributed by atoms with Gasteiger partial charge in [0.25, 0.3) is 0 Å². The number of hydrazone groups is 1. The molecule has 5 heteroatoms. The van der Waals surface area contributed by atoms with Crippen molar-refractivity contribution in [3.05, 3.63) is 74.6 Å². The fraction of sp³-hybridized carbons (Fsp3) is 0.167.